The smallest absolute Gasteiger partial charge is 0.267 e. The van der Waals surface area contributed by atoms with Crippen LogP contribution < -0.4 is 9.47 Å². The third kappa shape index (κ3) is 4.01. The lowest BCUT2D eigenvalue weighted by Gasteiger charge is -2.43. The van der Waals surface area contributed by atoms with E-state index in [9.17, 15) is 4.79 Å². The van der Waals surface area contributed by atoms with Crippen LogP contribution in [0, 0.1) is 6.92 Å². The van der Waals surface area contributed by atoms with E-state index in [1.54, 1.807) is 0 Å². The number of carbonyl (C=O) groups is 1. The zero-order chi connectivity index (χ0) is 20.5. The molecule has 0 bridgehead atoms. The number of hydrogen-bond acceptors (Lipinski definition) is 8. The molecule has 0 saturated carbocycles. The Labute approximate surface area is 180 Å². The standard InChI is InChI=1S/C21H27N5O3S/c1-15-20(30-23-22-15)21(27)26-6-2-3-17(13-26)25-9-7-24(8-10-25)12-16-4-5-18-19(11-16)29-14-28-18/h4-5,11,17H,2-3,6-10,12-14H2,1H3/t17-/m0/s1. The van der Waals surface area contributed by atoms with Gasteiger partial charge in [0.05, 0.1) is 5.69 Å². The van der Waals surface area contributed by atoms with Gasteiger partial charge in [-0.1, -0.05) is 10.6 Å². The Morgan fingerprint density at radius 3 is 2.80 bits per heavy atom. The molecule has 3 aliphatic heterocycles. The van der Waals surface area contributed by atoms with E-state index in [0.29, 0.717) is 17.7 Å². The van der Waals surface area contributed by atoms with Gasteiger partial charge >= 0.3 is 0 Å². The molecule has 8 nitrogen and oxygen atoms in total. The number of carbonyl (C=O) groups excluding carboxylic acids is 1. The highest BCUT2D eigenvalue weighted by atomic mass is 32.1. The predicted molar refractivity (Wildman–Crippen MR) is 113 cm³/mol. The average molecular weight is 430 g/mol. The van der Waals surface area contributed by atoms with Crippen LogP contribution in [0.4, 0.5) is 0 Å². The second-order valence-corrected chi connectivity index (χ2v) is 8.99. The van der Waals surface area contributed by atoms with E-state index in [4.69, 9.17) is 9.47 Å². The molecule has 1 atom stereocenters. The van der Waals surface area contributed by atoms with Gasteiger partial charge in [0.1, 0.15) is 4.88 Å². The van der Waals surface area contributed by atoms with Crippen LogP contribution in [-0.2, 0) is 6.54 Å². The Morgan fingerprint density at radius 1 is 1.17 bits per heavy atom. The van der Waals surface area contributed by atoms with Gasteiger partial charge in [0.2, 0.25) is 6.79 Å². The Kier molecular flexibility index (Phi) is 5.58. The van der Waals surface area contributed by atoms with Gasteiger partial charge in [-0.05, 0) is 49.0 Å². The van der Waals surface area contributed by atoms with Crippen molar-refractivity contribution < 1.29 is 14.3 Å². The molecule has 160 valence electrons. The number of piperidine rings is 1. The highest BCUT2D eigenvalue weighted by Gasteiger charge is 2.31. The monoisotopic (exact) mass is 429 g/mol. The molecule has 5 rings (SSSR count). The average Bonchev–Trinajstić information content (AvgIpc) is 3.42. The second kappa shape index (κ2) is 8.49. The van der Waals surface area contributed by atoms with Crippen LogP contribution in [-0.4, -0.2) is 82.3 Å². The molecule has 2 saturated heterocycles. The van der Waals surface area contributed by atoms with Crippen molar-refractivity contribution >= 4 is 17.4 Å². The van der Waals surface area contributed by atoms with Crippen molar-refractivity contribution in [2.75, 3.05) is 46.1 Å². The van der Waals surface area contributed by atoms with Crippen molar-refractivity contribution in [2.45, 2.75) is 32.4 Å². The zero-order valence-electron chi connectivity index (χ0n) is 17.2. The minimum atomic E-state index is 0.0913. The van der Waals surface area contributed by atoms with Gasteiger partial charge in [0, 0.05) is 51.9 Å². The van der Waals surface area contributed by atoms with Gasteiger partial charge < -0.3 is 14.4 Å². The number of benzene rings is 1. The Bertz CT molecular complexity index is 912. The predicted octanol–water partition coefficient (Wildman–Crippen LogP) is 2.00. The number of ether oxygens (including phenoxy) is 2. The summed E-state index contributed by atoms with van der Waals surface area (Å²) < 4.78 is 14.8. The van der Waals surface area contributed by atoms with E-state index in [-0.39, 0.29) is 5.91 Å². The van der Waals surface area contributed by atoms with E-state index in [2.05, 4.69) is 31.5 Å². The third-order valence-corrected chi connectivity index (χ3v) is 7.11. The number of likely N-dealkylation sites (tertiary alicyclic amines) is 1. The maximum absolute atomic E-state index is 12.9. The number of nitrogens with zero attached hydrogens (tertiary/aromatic N) is 5. The minimum Gasteiger partial charge on any atom is -0.454 e. The largest absolute Gasteiger partial charge is 0.454 e. The molecule has 0 spiro atoms. The van der Waals surface area contributed by atoms with Gasteiger partial charge in [0.15, 0.2) is 11.5 Å². The van der Waals surface area contributed by atoms with Gasteiger partial charge in [-0.2, -0.15) is 0 Å². The van der Waals surface area contributed by atoms with Crippen LogP contribution in [0.3, 0.4) is 0 Å². The summed E-state index contributed by atoms with van der Waals surface area (Å²) in [5.41, 5.74) is 2.00. The van der Waals surface area contributed by atoms with E-state index < -0.39 is 0 Å². The molecule has 0 unspecified atom stereocenters. The maximum Gasteiger partial charge on any atom is 0.267 e. The third-order valence-electron chi connectivity index (χ3n) is 6.30. The maximum atomic E-state index is 12.9. The fraction of sp³-hybridized carbons (Fsp3) is 0.571. The molecule has 9 heteroatoms. The van der Waals surface area contributed by atoms with Gasteiger partial charge in [0.25, 0.3) is 5.91 Å². The van der Waals surface area contributed by atoms with Gasteiger partial charge in [-0.3, -0.25) is 14.6 Å². The minimum absolute atomic E-state index is 0.0913. The second-order valence-electron chi connectivity index (χ2n) is 8.23. The molecule has 3 aliphatic rings. The first-order chi connectivity index (χ1) is 14.7. The number of aromatic nitrogens is 2. The number of piperazine rings is 1. The number of rotatable bonds is 4. The number of hydrogen-bond donors (Lipinski definition) is 0. The summed E-state index contributed by atoms with van der Waals surface area (Å²) in [5, 5.41) is 3.99. The summed E-state index contributed by atoms with van der Waals surface area (Å²) in [4.78, 5) is 20.6. The summed E-state index contributed by atoms with van der Waals surface area (Å²) in [6.07, 6.45) is 2.21. The van der Waals surface area contributed by atoms with Crippen LogP contribution in [0.2, 0.25) is 0 Å². The van der Waals surface area contributed by atoms with Crippen molar-refractivity contribution in [1.29, 1.82) is 0 Å². The van der Waals surface area contributed by atoms with Crippen molar-refractivity contribution in [3.8, 4) is 11.5 Å². The van der Waals surface area contributed by atoms with Crippen molar-refractivity contribution in [2.24, 2.45) is 0 Å². The van der Waals surface area contributed by atoms with Crippen LogP contribution in [0.1, 0.15) is 33.8 Å². The summed E-state index contributed by atoms with van der Waals surface area (Å²) in [6, 6.07) is 6.66. The van der Waals surface area contributed by atoms with E-state index in [1.807, 2.05) is 17.9 Å². The van der Waals surface area contributed by atoms with E-state index >= 15 is 0 Å². The molecule has 1 amide bonds. The lowest BCUT2D eigenvalue weighted by Crippen LogP contribution is -2.55. The van der Waals surface area contributed by atoms with Crippen molar-refractivity contribution in [1.82, 2.24) is 24.3 Å². The SMILES string of the molecule is Cc1nnsc1C(=O)N1CCC[C@H](N2CCN(Cc3ccc4c(c3)OCO4)CC2)C1. The van der Waals surface area contributed by atoms with Gasteiger partial charge in [-0.15, -0.1) is 5.10 Å². The van der Waals surface area contributed by atoms with Crippen molar-refractivity contribution in [3.63, 3.8) is 0 Å². The molecule has 2 fully saturated rings. The van der Waals surface area contributed by atoms with Gasteiger partial charge in [-0.25, -0.2) is 0 Å². The quantitative estimate of drug-likeness (QED) is 0.736. The zero-order valence-corrected chi connectivity index (χ0v) is 18.1. The van der Waals surface area contributed by atoms with Crippen LogP contribution in [0.25, 0.3) is 0 Å². The lowest BCUT2D eigenvalue weighted by atomic mass is 10.0. The molecule has 30 heavy (non-hydrogen) atoms. The first kappa shape index (κ1) is 19.7. The Morgan fingerprint density at radius 2 is 2.00 bits per heavy atom. The lowest BCUT2D eigenvalue weighted by molar-refractivity contribution is 0.0410. The first-order valence-electron chi connectivity index (χ1n) is 10.6. The van der Waals surface area contributed by atoms with Crippen LogP contribution in [0.5, 0.6) is 11.5 Å². The number of aryl methyl sites for hydroxylation is 1. The normalized spacial score (nSPS) is 22.4. The summed E-state index contributed by atoms with van der Waals surface area (Å²) >= 11 is 1.21. The summed E-state index contributed by atoms with van der Waals surface area (Å²) in [5.74, 6) is 1.78. The highest BCUT2D eigenvalue weighted by molar-refractivity contribution is 7.07. The fourth-order valence-electron chi connectivity index (χ4n) is 4.59. The van der Waals surface area contributed by atoms with Crippen molar-refractivity contribution in [3.05, 3.63) is 34.3 Å². The van der Waals surface area contributed by atoms with E-state index in [0.717, 1.165) is 75.8 Å². The molecule has 2 aromatic rings. The fourth-order valence-corrected chi connectivity index (χ4v) is 5.22. The van der Waals surface area contributed by atoms with E-state index in [1.165, 1.54) is 17.1 Å². The molecule has 1 aromatic carbocycles. The molecular formula is C21H27N5O3S. The summed E-state index contributed by atoms with van der Waals surface area (Å²) in [6.45, 7) is 8.89. The molecule has 4 heterocycles. The molecule has 0 N–H and O–H groups in total. The first-order valence-corrected chi connectivity index (χ1v) is 11.4. The summed E-state index contributed by atoms with van der Waals surface area (Å²) in [7, 11) is 0. The Balaban J connectivity index is 1.14. The molecule has 1 aromatic heterocycles. The molecular weight excluding hydrogens is 402 g/mol. The Hall–Kier alpha value is -2.23. The molecule has 0 radical (unpaired) electrons. The highest BCUT2D eigenvalue weighted by Crippen LogP contribution is 2.33. The number of fused-ring (bicyclic) bond motifs is 1. The van der Waals surface area contributed by atoms with Crippen LogP contribution in [0.15, 0.2) is 18.2 Å². The number of amides is 1. The van der Waals surface area contributed by atoms with Crippen LogP contribution >= 0.6 is 11.5 Å². The molecule has 0 aliphatic carbocycles. The topological polar surface area (TPSA) is 71.0 Å².